The van der Waals surface area contributed by atoms with Crippen molar-refractivity contribution >= 4 is 17.8 Å². The molecule has 0 radical (unpaired) electrons. The quantitative estimate of drug-likeness (QED) is 0.292. The van der Waals surface area contributed by atoms with Crippen molar-refractivity contribution in [2.24, 2.45) is 5.92 Å². The van der Waals surface area contributed by atoms with Crippen LogP contribution in [0, 0.1) is 5.92 Å². The van der Waals surface area contributed by atoms with Crippen molar-refractivity contribution in [1.82, 2.24) is 15.1 Å². The van der Waals surface area contributed by atoms with Crippen LogP contribution in [0.25, 0.3) is 0 Å². The number of piperazine rings is 1. The Bertz CT molecular complexity index is 1560. The van der Waals surface area contributed by atoms with Crippen molar-refractivity contribution in [3.63, 3.8) is 0 Å². The summed E-state index contributed by atoms with van der Waals surface area (Å²) in [4.78, 5) is 43.6. The van der Waals surface area contributed by atoms with Crippen molar-refractivity contribution in [3.05, 3.63) is 101 Å². The molecule has 1 spiro atoms. The van der Waals surface area contributed by atoms with Crippen LogP contribution in [-0.2, 0) is 29.1 Å². The van der Waals surface area contributed by atoms with Gasteiger partial charge in [0.25, 0.3) is 0 Å². The summed E-state index contributed by atoms with van der Waals surface area (Å²) < 4.78 is 5.44. The molecule has 47 heavy (non-hydrogen) atoms. The molecular formula is C38H45N3O6. The predicted octanol–water partition coefficient (Wildman–Crippen LogP) is 4.79. The number of methoxy groups -OCH3 is 1. The number of amides is 2. The number of hydrogen-bond acceptors (Lipinski definition) is 6. The molecule has 1 saturated carbocycles. The predicted molar refractivity (Wildman–Crippen MR) is 178 cm³/mol. The highest BCUT2D eigenvalue weighted by molar-refractivity contribution is 6.00. The van der Waals surface area contributed by atoms with Gasteiger partial charge in [0.1, 0.15) is 17.3 Å². The number of likely N-dealkylation sites (tertiary alicyclic amines) is 1. The van der Waals surface area contributed by atoms with E-state index in [1.54, 1.807) is 30.2 Å². The monoisotopic (exact) mass is 639 g/mol. The third-order valence-corrected chi connectivity index (χ3v) is 10.5. The molecule has 9 nitrogen and oxygen atoms in total. The van der Waals surface area contributed by atoms with Gasteiger partial charge < -0.3 is 25.2 Å². The van der Waals surface area contributed by atoms with Gasteiger partial charge in [-0.3, -0.25) is 14.5 Å². The topological polar surface area (TPSA) is 119 Å². The van der Waals surface area contributed by atoms with Gasteiger partial charge in [0.15, 0.2) is 0 Å². The molecule has 2 saturated heterocycles. The zero-order valence-corrected chi connectivity index (χ0v) is 27.1. The first kappa shape index (κ1) is 32.7. The number of carboxylic acid groups (broad SMARTS) is 1. The van der Waals surface area contributed by atoms with Crippen LogP contribution >= 0.6 is 0 Å². The minimum absolute atomic E-state index is 0.0263. The van der Waals surface area contributed by atoms with Crippen molar-refractivity contribution in [2.45, 2.75) is 82.1 Å². The fourth-order valence-electron chi connectivity index (χ4n) is 7.66. The minimum atomic E-state index is -0.986. The lowest BCUT2D eigenvalue weighted by atomic mass is 9.77. The summed E-state index contributed by atoms with van der Waals surface area (Å²) >= 11 is 0. The summed E-state index contributed by atoms with van der Waals surface area (Å²) in [7, 11) is 1.54. The highest BCUT2D eigenvalue weighted by Crippen LogP contribution is 2.37. The van der Waals surface area contributed by atoms with E-state index in [4.69, 9.17) is 4.74 Å². The summed E-state index contributed by atoms with van der Waals surface area (Å²) in [6.07, 6.45) is 5.79. The van der Waals surface area contributed by atoms with E-state index in [2.05, 4.69) is 34.5 Å². The van der Waals surface area contributed by atoms with E-state index in [0.717, 1.165) is 60.9 Å². The van der Waals surface area contributed by atoms with Gasteiger partial charge in [0.05, 0.1) is 18.8 Å². The highest BCUT2D eigenvalue weighted by Gasteiger charge is 2.55. The van der Waals surface area contributed by atoms with Gasteiger partial charge >= 0.3 is 5.97 Å². The lowest BCUT2D eigenvalue weighted by molar-refractivity contribution is -0.167. The molecule has 248 valence electrons. The molecule has 3 N–H and O–H groups in total. The molecule has 2 atom stereocenters. The third kappa shape index (κ3) is 7.06. The van der Waals surface area contributed by atoms with Crippen LogP contribution in [-0.4, -0.2) is 75.7 Å². The van der Waals surface area contributed by atoms with Crippen molar-refractivity contribution in [1.29, 1.82) is 0 Å². The molecule has 0 unspecified atom stereocenters. The molecule has 3 fully saturated rings. The van der Waals surface area contributed by atoms with Crippen molar-refractivity contribution < 1.29 is 29.3 Å². The molecule has 2 amide bonds. The molecule has 2 aliphatic heterocycles. The van der Waals surface area contributed by atoms with Gasteiger partial charge in [-0.2, -0.15) is 0 Å². The molecule has 0 bridgehead atoms. The van der Waals surface area contributed by atoms with E-state index in [1.807, 2.05) is 30.3 Å². The molecule has 0 aromatic heterocycles. The zero-order valence-electron chi connectivity index (χ0n) is 27.1. The molecule has 3 aromatic carbocycles. The van der Waals surface area contributed by atoms with Crippen molar-refractivity contribution in [2.75, 3.05) is 20.2 Å². The first-order chi connectivity index (χ1) is 22.8. The number of aromatic carboxylic acids is 1. The Morgan fingerprint density at radius 1 is 0.915 bits per heavy atom. The second-order valence-electron chi connectivity index (χ2n) is 13.4. The van der Waals surface area contributed by atoms with Crippen LogP contribution in [0.3, 0.4) is 0 Å². The number of hydrogen-bond donors (Lipinski definition) is 3. The number of nitrogens with one attached hydrogen (secondary N) is 1. The SMILES string of the molecule is COc1cc(C(=O)O)ccc1Cc1ccc(CN2CCC3(CC2)C(=O)N[C@H]([C@H](O)C2CCCCC2)C(=O)N3Cc2ccccc2)cc1. The Labute approximate surface area is 276 Å². The number of carbonyl (C=O) groups excluding carboxylic acids is 2. The highest BCUT2D eigenvalue weighted by atomic mass is 16.5. The first-order valence-electron chi connectivity index (χ1n) is 16.8. The molecule has 2 heterocycles. The summed E-state index contributed by atoms with van der Waals surface area (Å²) in [6, 6.07) is 22.2. The second-order valence-corrected chi connectivity index (χ2v) is 13.4. The van der Waals surface area contributed by atoms with Gasteiger partial charge in [-0.05, 0) is 66.0 Å². The van der Waals surface area contributed by atoms with Crippen LogP contribution in [0.4, 0.5) is 0 Å². The van der Waals surface area contributed by atoms with E-state index in [9.17, 15) is 24.6 Å². The number of benzene rings is 3. The maximum atomic E-state index is 14.2. The van der Waals surface area contributed by atoms with Crippen molar-refractivity contribution in [3.8, 4) is 5.75 Å². The second kappa shape index (κ2) is 14.3. The van der Waals surface area contributed by atoms with E-state index >= 15 is 0 Å². The van der Waals surface area contributed by atoms with E-state index < -0.39 is 23.7 Å². The maximum absolute atomic E-state index is 14.2. The number of carbonyl (C=O) groups is 3. The van der Waals surface area contributed by atoms with Gasteiger partial charge in [-0.1, -0.05) is 79.9 Å². The Kier molecular flexibility index (Phi) is 9.94. The summed E-state index contributed by atoms with van der Waals surface area (Å²) in [6.45, 7) is 2.39. The Balaban J connectivity index is 1.13. The van der Waals surface area contributed by atoms with Gasteiger partial charge in [0.2, 0.25) is 11.8 Å². The van der Waals surface area contributed by atoms with Crippen LogP contribution in [0.2, 0.25) is 0 Å². The number of aliphatic hydroxyl groups is 1. The van der Waals surface area contributed by atoms with E-state index in [-0.39, 0.29) is 23.3 Å². The third-order valence-electron chi connectivity index (χ3n) is 10.5. The van der Waals surface area contributed by atoms with Gasteiger partial charge in [0, 0.05) is 32.6 Å². The van der Waals surface area contributed by atoms with Crippen LogP contribution in [0.15, 0.2) is 72.8 Å². The largest absolute Gasteiger partial charge is 0.496 e. The fraction of sp³-hybridized carbons (Fsp3) is 0.447. The lowest BCUT2D eigenvalue weighted by Crippen LogP contribution is -2.74. The Morgan fingerprint density at radius 3 is 2.23 bits per heavy atom. The van der Waals surface area contributed by atoms with E-state index in [1.165, 1.54) is 0 Å². The number of rotatable bonds is 10. The molecule has 3 aromatic rings. The maximum Gasteiger partial charge on any atom is 0.335 e. The minimum Gasteiger partial charge on any atom is -0.496 e. The molecule has 3 aliphatic rings. The molecular weight excluding hydrogens is 594 g/mol. The summed E-state index contributed by atoms with van der Waals surface area (Å²) in [5.41, 5.74) is 3.37. The number of nitrogens with zero attached hydrogens (tertiary/aromatic N) is 2. The lowest BCUT2D eigenvalue weighted by Gasteiger charge is -2.52. The summed E-state index contributed by atoms with van der Waals surface area (Å²) in [5, 5.41) is 23.6. The fourth-order valence-corrected chi connectivity index (χ4v) is 7.66. The number of carboxylic acids is 1. The molecule has 1 aliphatic carbocycles. The van der Waals surface area contributed by atoms with Gasteiger partial charge in [-0.25, -0.2) is 4.79 Å². The smallest absolute Gasteiger partial charge is 0.335 e. The summed E-state index contributed by atoms with van der Waals surface area (Å²) in [5.74, 6) is -0.732. The Morgan fingerprint density at radius 2 is 1.57 bits per heavy atom. The van der Waals surface area contributed by atoms with Gasteiger partial charge in [-0.15, -0.1) is 0 Å². The number of piperidine rings is 1. The number of ether oxygens (including phenoxy) is 1. The normalized spacial score (nSPS) is 21.0. The first-order valence-corrected chi connectivity index (χ1v) is 16.8. The molecule has 9 heteroatoms. The Hall–Kier alpha value is -4.21. The average molecular weight is 640 g/mol. The van der Waals surface area contributed by atoms with E-state index in [0.29, 0.717) is 44.6 Å². The average Bonchev–Trinajstić information content (AvgIpc) is 3.10. The number of aliphatic hydroxyl groups excluding tert-OH is 1. The zero-order chi connectivity index (χ0) is 33.0. The van der Waals surface area contributed by atoms with Crippen LogP contribution in [0.1, 0.15) is 77.6 Å². The molecule has 6 rings (SSSR count). The standard InChI is InChI=1S/C38H45N3O6/c1-47-32-23-31(36(44)45)17-16-30(32)22-26-12-14-28(15-13-26)24-40-20-18-38(19-21-40)37(46)39-33(34(42)29-10-6-3-7-11-29)35(43)41(38)25-27-8-4-2-5-9-27/h2,4-5,8-9,12-17,23,29,33-34,42H,3,6-7,10-11,18-22,24-25H2,1H3,(H,39,46)(H,44,45)/t33-,34-/m1/s1. The van der Waals surface area contributed by atoms with Crippen LogP contribution in [0.5, 0.6) is 5.75 Å². The van der Waals surface area contributed by atoms with Crippen LogP contribution < -0.4 is 10.1 Å².